The summed E-state index contributed by atoms with van der Waals surface area (Å²) in [6.07, 6.45) is 0. The Balaban J connectivity index is 1.72. The van der Waals surface area contributed by atoms with Crippen LogP contribution in [0.2, 0.25) is 0 Å². The molecule has 0 heterocycles. The zero-order valence-electron chi connectivity index (χ0n) is 30.7. The molecule has 0 aliphatic heterocycles. The molecule has 0 saturated carbocycles. The van der Waals surface area contributed by atoms with Gasteiger partial charge in [-0.2, -0.15) is 0 Å². The zero-order chi connectivity index (χ0) is 37.5. The second kappa shape index (κ2) is 16.0. The molecule has 0 aliphatic rings. The monoisotopic (exact) mass is 766 g/mol. The van der Waals surface area contributed by atoms with Gasteiger partial charge >= 0.3 is 316 Å². The van der Waals surface area contributed by atoms with E-state index in [1.807, 2.05) is 187 Å². The van der Waals surface area contributed by atoms with Gasteiger partial charge in [0.1, 0.15) is 0 Å². The number of rotatable bonds is 14. The molecule has 6 aromatic carbocycles. The van der Waals surface area contributed by atoms with Crippen LogP contribution < -0.4 is 32.0 Å². The molecule has 0 fully saturated rings. The number of benzene rings is 6. The van der Waals surface area contributed by atoms with Crippen molar-refractivity contribution >= 4 is 24.7 Å². The molecular formula is C42H45N2O6P3. The van der Waals surface area contributed by atoms with Crippen LogP contribution in [0.5, 0.6) is 34.5 Å². The molecular weight excluding hydrogens is 721 g/mol. The van der Waals surface area contributed by atoms with Crippen LogP contribution in [0.3, 0.4) is 0 Å². The standard InChI is InChI=1S/C42H45N2O6P3/c1-31-7-19-37(20-8-31)45-52(46-38-21-9-32(2)10-22-38,47-39-23-11-33(3)12-24-39)44-53(43-51,48-40-25-13-34(4)14-26-40,49-41-27-15-35(5)16-28-41)50-42-29-17-36(6)18-30-42/h7-30,43H,51H2,1-6H3. The third kappa shape index (κ3) is 9.79. The SMILES string of the molecule is Cc1ccc(OP(=NP(NP)(Oc2ccc(C)cc2)(Oc2ccc(C)cc2)Oc2ccc(C)cc2)(Oc2ccc(C)cc2)Oc2ccc(C)cc2)cc1. The van der Waals surface area contributed by atoms with Crippen LogP contribution in [0.15, 0.2) is 150 Å². The van der Waals surface area contributed by atoms with Crippen molar-refractivity contribution in [3.63, 3.8) is 0 Å². The van der Waals surface area contributed by atoms with Crippen molar-refractivity contribution in [1.29, 1.82) is 0 Å². The van der Waals surface area contributed by atoms with Crippen molar-refractivity contribution in [1.82, 2.24) is 4.86 Å². The van der Waals surface area contributed by atoms with E-state index in [1.54, 1.807) is 0 Å². The van der Waals surface area contributed by atoms with Crippen LogP contribution >= 0.6 is 24.7 Å². The van der Waals surface area contributed by atoms with Crippen molar-refractivity contribution < 1.29 is 27.1 Å². The van der Waals surface area contributed by atoms with E-state index in [4.69, 9.17) is 31.7 Å². The maximum atomic E-state index is 7.06. The first kappa shape index (κ1) is 37.9. The number of aryl methyl sites for hydroxylation is 6. The molecule has 0 amide bonds. The molecule has 0 aromatic heterocycles. The third-order valence-corrected chi connectivity index (χ3v) is 14.8. The van der Waals surface area contributed by atoms with E-state index in [9.17, 15) is 0 Å². The van der Waals surface area contributed by atoms with Crippen molar-refractivity contribution in [2.24, 2.45) is 4.52 Å². The Morgan fingerprint density at radius 3 is 0.792 bits per heavy atom. The molecule has 0 spiro atoms. The van der Waals surface area contributed by atoms with Gasteiger partial charge < -0.3 is 0 Å². The summed E-state index contributed by atoms with van der Waals surface area (Å²) in [4.78, 5) is 3.26. The Morgan fingerprint density at radius 2 is 0.585 bits per heavy atom. The Labute approximate surface area is 315 Å². The summed E-state index contributed by atoms with van der Waals surface area (Å²) in [6.45, 7) is 12.0. The number of nitrogens with zero attached hydrogens (tertiary/aromatic N) is 1. The van der Waals surface area contributed by atoms with Gasteiger partial charge in [-0.3, -0.25) is 0 Å². The van der Waals surface area contributed by atoms with E-state index < -0.39 is 15.3 Å². The molecule has 0 radical (unpaired) electrons. The van der Waals surface area contributed by atoms with Gasteiger partial charge in [0.2, 0.25) is 0 Å². The summed E-state index contributed by atoms with van der Waals surface area (Å²) < 4.78 is 47.4. The third-order valence-electron chi connectivity index (χ3n) is 8.07. The van der Waals surface area contributed by atoms with Crippen LogP contribution in [-0.4, -0.2) is 0 Å². The van der Waals surface area contributed by atoms with Crippen LogP contribution in [0.4, 0.5) is 0 Å². The molecule has 0 bridgehead atoms. The van der Waals surface area contributed by atoms with Gasteiger partial charge in [-0.1, -0.05) is 0 Å². The molecule has 0 saturated heterocycles. The van der Waals surface area contributed by atoms with E-state index in [2.05, 4.69) is 14.2 Å². The first-order valence-corrected chi connectivity index (χ1v) is 21.2. The molecule has 8 nitrogen and oxygen atoms in total. The number of hydrogen-bond acceptors (Lipinski definition) is 8. The maximum absolute atomic E-state index is 7.06. The van der Waals surface area contributed by atoms with Crippen LogP contribution in [0, 0.1) is 41.5 Å². The topological polar surface area (TPSA) is 79.8 Å². The van der Waals surface area contributed by atoms with Gasteiger partial charge in [-0.05, 0) is 0 Å². The predicted octanol–water partition coefficient (Wildman–Crippen LogP) is 12.8. The summed E-state index contributed by atoms with van der Waals surface area (Å²) >= 11 is 0. The summed E-state index contributed by atoms with van der Waals surface area (Å²) in [5.74, 6) is 2.62. The van der Waals surface area contributed by atoms with Gasteiger partial charge in [-0.25, -0.2) is 0 Å². The minimum absolute atomic E-state index is 0.422. The molecule has 1 N–H and O–H groups in total. The molecule has 1 atom stereocenters. The Bertz CT molecular complexity index is 1940. The molecule has 53 heavy (non-hydrogen) atoms. The van der Waals surface area contributed by atoms with Crippen molar-refractivity contribution in [3.8, 4) is 34.5 Å². The quantitative estimate of drug-likeness (QED) is 0.111. The van der Waals surface area contributed by atoms with Gasteiger partial charge in [0.15, 0.2) is 0 Å². The van der Waals surface area contributed by atoms with Gasteiger partial charge in [-0.15, -0.1) is 0 Å². The summed E-state index contributed by atoms with van der Waals surface area (Å²) in [5, 5.41) is 0. The molecule has 6 aromatic rings. The first-order chi connectivity index (χ1) is 25.4. The summed E-state index contributed by atoms with van der Waals surface area (Å²) in [7, 11) is -6.84. The second-order valence-electron chi connectivity index (χ2n) is 13.0. The average molecular weight is 767 g/mol. The Kier molecular flexibility index (Phi) is 11.5. The molecule has 11 heteroatoms. The number of nitrogens with one attached hydrogen (secondary N) is 1. The molecule has 1 unspecified atom stereocenters. The number of hydrogen-bond donors (Lipinski definition) is 1. The first-order valence-electron chi connectivity index (χ1n) is 17.2. The fourth-order valence-electron chi connectivity index (χ4n) is 5.07. The van der Waals surface area contributed by atoms with E-state index in [-0.39, 0.29) is 0 Å². The van der Waals surface area contributed by atoms with Crippen LogP contribution in [0.25, 0.3) is 0 Å². The fraction of sp³-hybridized carbons (Fsp3) is 0.143. The van der Waals surface area contributed by atoms with Crippen LogP contribution in [-0.2, 0) is 0 Å². The molecule has 0 aliphatic carbocycles. The van der Waals surface area contributed by atoms with Crippen molar-refractivity contribution in [3.05, 3.63) is 179 Å². The Morgan fingerprint density at radius 1 is 0.377 bits per heavy atom. The molecule has 6 rings (SSSR count). The Hall–Kier alpha value is -4.83. The van der Waals surface area contributed by atoms with E-state index in [0.29, 0.717) is 34.5 Å². The van der Waals surface area contributed by atoms with Gasteiger partial charge in [0, 0.05) is 0 Å². The van der Waals surface area contributed by atoms with E-state index in [1.165, 1.54) is 0 Å². The average Bonchev–Trinajstić information content (AvgIpc) is 3.14. The zero-order valence-corrected chi connectivity index (χ0v) is 33.7. The van der Waals surface area contributed by atoms with E-state index >= 15 is 0 Å². The van der Waals surface area contributed by atoms with Crippen LogP contribution in [0.1, 0.15) is 33.4 Å². The fourth-order valence-corrected chi connectivity index (χ4v) is 11.6. The summed E-state index contributed by atoms with van der Waals surface area (Å²) in [5.41, 5.74) is 6.29. The van der Waals surface area contributed by atoms with Crippen molar-refractivity contribution in [2.45, 2.75) is 41.5 Å². The normalized spacial score (nSPS) is 12.2. The van der Waals surface area contributed by atoms with Crippen molar-refractivity contribution in [2.75, 3.05) is 0 Å². The predicted molar refractivity (Wildman–Crippen MR) is 220 cm³/mol. The second-order valence-corrected chi connectivity index (χ2v) is 18.4. The van der Waals surface area contributed by atoms with E-state index in [0.717, 1.165) is 33.4 Å². The molecule has 274 valence electrons. The minimum atomic E-state index is -5.25. The summed E-state index contributed by atoms with van der Waals surface area (Å²) in [6, 6.07) is 45.5. The van der Waals surface area contributed by atoms with Gasteiger partial charge in [0.25, 0.3) is 0 Å². The van der Waals surface area contributed by atoms with Gasteiger partial charge in [0.05, 0.1) is 0 Å².